The topological polar surface area (TPSA) is 138 Å². The molecule has 4 aliphatic carbocycles. The maximum absolute atomic E-state index is 12.6. The third-order valence-corrected chi connectivity index (χ3v) is 8.51. The van der Waals surface area contributed by atoms with Crippen molar-refractivity contribution in [2.24, 2.45) is 17.8 Å². The molecule has 35 heavy (non-hydrogen) atoms. The molecule has 4 saturated carbocycles. The van der Waals surface area contributed by atoms with Gasteiger partial charge in [0.25, 0.3) is 17.6 Å². The van der Waals surface area contributed by atoms with Crippen molar-refractivity contribution in [3.05, 3.63) is 24.3 Å². The maximum Gasteiger partial charge on any atom is 0.292 e. The Morgan fingerprint density at radius 3 is 2.89 bits per heavy atom. The molecule has 4 bridgehead atoms. The van der Waals surface area contributed by atoms with E-state index in [1.807, 2.05) is 12.3 Å². The van der Waals surface area contributed by atoms with Gasteiger partial charge in [0.05, 0.1) is 23.0 Å². The van der Waals surface area contributed by atoms with Crippen LogP contribution >= 0.6 is 0 Å². The maximum atomic E-state index is 12.6. The number of H-pyrrole nitrogens is 1. The minimum Gasteiger partial charge on any atom is -0.390 e. The van der Waals surface area contributed by atoms with Crippen molar-refractivity contribution in [1.29, 1.82) is 0 Å². The Bertz CT molecular complexity index is 1250. The minimum atomic E-state index is -0.489. The van der Waals surface area contributed by atoms with Gasteiger partial charge in [0.15, 0.2) is 0 Å². The molecule has 1 saturated heterocycles. The summed E-state index contributed by atoms with van der Waals surface area (Å²) >= 11 is 0. The van der Waals surface area contributed by atoms with Crippen LogP contribution in [0.1, 0.15) is 55.6 Å². The zero-order chi connectivity index (χ0) is 23.6. The number of carbonyl (C=O) groups is 1. The van der Waals surface area contributed by atoms with E-state index in [1.54, 1.807) is 6.20 Å². The molecular formula is C25H30N6O4. The number of amides is 1. The molecular weight excluding hydrogens is 448 g/mol. The number of carbonyl (C=O) groups excluding carboxylic acids is 1. The second-order valence-electron chi connectivity index (χ2n) is 10.9. The molecule has 1 aliphatic heterocycles. The van der Waals surface area contributed by atoms with Gasteiger partial charge in [-0.2, -0.15) is 4.98 Å². The average molecular weight is 479 g/mol. The summed E-state index contributed by atoms with van der Waals surface area (Å²) in [7, 11) is 0. The van der Waals surface area contributed by atoms with Crippen molar-refractivity contribution in [3.8, 4) is 11.5 Å². The quantitative estimate of drug-likeness (QED) is 0.424. The normalized spacial score (nSPS) is 33.5. The summed E-state index contributed by atoms with van der Waals surface area (Å²) in [4.78, 5) is 24.7. The molecule has 3 aromatic heterocycles. The summed E-state index contributed by atoms with van der Waals surface area (Å²) in [6.07, 6.45) is 10.5. The van der Waals surface area contributed by atoms with Crippen molar-refractivity contribution < 1.29 is 19.2 Å². The molecule has 3 atom stereocenters. The van der Waals surface area contributed by atoms with E-state index in [4.69, 9.17) is 9.26 Å². The van der Waals surface area contributed by atoms with E-state index in [0.29, 0.717) is 29.9 Å². The fraction of sp³-hybridized carbons (Fsp3) is 0.600. The zero-order valence-electron chi connectivity index (χ0n) is 19.5. The van der Waals surface area contributed by atoms with Crippen LogP contribution in [0.15, 0.2) is 23.0 Å². The van der Waals surface area contributed by atoms with Gasteiger partial charge in [0.1, 0.15) is 5.65 Å². The van der Waals surface area contributed by atoms with Gasteiger partial charge in [-0.25, -0.2) is 4.98 Å². The first-order valence-corrected chi connectivity index (χ1v) is 12.7. The third kappa shape index (κ3) is 3.70. The Labute approximate surface area is 202 Å². The summed E-state index contributed by atoms with van der Waals surface area (Å²) in [6.45, 7) is 1.17. The van der Waals surface area contributed by atoms with Gasteiger partial charge in [0, 0.05) is 37.0 Å². The lowest BCUT2D eigenvalue weighted by Gasteiger charge is -2.58. The molecule has 3 unspecified atom stereocenters. The highest BCUT2D eigenvalue weighted by Crippen LogP contribution is 2.56. The van der Waals surface area contributed by atoms with Gasteiger partial charge in [-0.15, -0.1) is 0 Å². The average Bonchev–Trinajstić information content (AvgIpc) is 3.60. The number of anilines is 1. The lowest BCUT2D eigenvalue weighted by atomic mass is 9.52. The summed E-state index contributed by atoms with van der Waals surface area (Å²) < 4.78 is 11.1. The monoisotopic (exact) mass is 478 g/mol. The number of nitrogens with zero attached hydrogens (tertiary/aromatic N) is 3. The molecule has 0 aromatic carbocycles. The fourth-order valence-corrected chi connectivity index (χ4v) is 7.23. The largest absolute Gasteiger partial charge is 0.390 e. The van der Waals surface area contributed by atoms with E-state index in [1.165, 1.54) is 0 Å². The number of nitrogens with one attached hydrogen (secondary N) is 3. The van der Waals surface area contributed by atoms with Crippen molar-refractivity contribution in [1.82, 2.24) is 25.4 Å². The highest BCUT2D eigenvalue weighted by molar-refractivity contribution is 5.97. The van der Waals surface area contributed by atoms with E-state index < -0.39 is 5.60 Å². The number of fused-ring (bicyclic) bond motifs is 1. The van der Waals surface area contributed by atoms with Crippen LogP contribution in [0.25, 0.3) is 22.5 Å². The molecule has 0 spiro atoms. The number of ether oxygens (including phenoxy) is 1. The van der Waals surface area contributed by atoms with Crippen LogP contribution in [-0.4, -0.2) is 62.0 Å². The number of aliphatic hydroxyl groups is 1. The van der Waals surface area contributed by atoms with Crippen LogP contribution in [0.5, 0.6) is 0 Å². The third-order valence-electron chi connectivity index (χ3n) is 8.51. The second-order valence-corrected chi connectivity index (χ2v) is 10.9. The molecule has 184 valence electrons. The van der Waals surface area contributed by atoms with Crippen molar-refractivity contribution in [2.45, 2.75) is 62.7 Å². The van der Waals surface area contributed by atoms with Gasteiger partial charge < -0.3 is 30.0 Å². The number of hydrogen-bond donors (Lipinski definition) is 4. The first-order chi connectivity index (χ1) is 17.0. The van der Waals surface area contributed by atoms with Crippen LogP contribution in [0.2, 0.25) is 0 Å². The molecule has 10 nitrogen and oxygen atoms in total. The molecule has 5 aliphatic rings. The van der Waals surface area contributed by atoms with Crippen molar-refractivity contribution >= 4 is 22.6 Å². The molecule has 10 heteroatoms. The zero-order valence-corrected chi connectivity index (χ0v) is 19.5. The predicted molar refractivity (Wildman–Crippen MR) is 127 cm³/mol. The Hall–Kier alpha value is -2.98. The molecule has 5 fully saturated rings. The number of aromatic nitrogens is 4. The lowest BCUT2D eigenvalue weighted by molar-refractivity contribution is -0.129. The van der Waals surface area contributed by atoms with Gasteiger partial charge in [-0.05, 0) is 68.8 Å². The van der Waals surface area contributed by atoms with Crippen molar-refractivity contribution in [3.63, 3.8) is 0 Å². The van der Waals surface area contributed by atoms with Crippen LogP contribution < -0.4 is 10.6 Å². The molecule has 4 N–H and O–H groups in total. The number of hydrogen-bond acceptors (Lipinski definition) is 8. The van der Waals surface area contributed by atoms with E-state index in [2.05, 4.69) is 30.7 Å². The highest BCUT2D eigenvalue weighted by Gasteiger charge is 2.54. The summed E-state index contributed by atoms with van der Waals surface area (Å²) in [6, 6.07) is 2.26. The molecule has 0 radical (unpaired) electrons. The van der Waals surface area contributed by atoms with Crippen LogP contribution in [0, 0.1) is 17.8 Å². The van der Waals surface area contributed by atoms with E-state index >= 15 is 0 Å². The summed E-state index contributed by atoms with van der Waals surface area (Å²) in [5, 5.41) is 22.5. The van der Waals surface area contributed by atoms with Gasteiger partial charge >= 0.3 is 0 Å². The van der Waals surface area contributed by atoms with E-state index in [9.17, 15) is 9.90 Å². The fourth-order valence-electron chi connectivity index (χ4n) is 7.23. The Morgan fingerprint density at radius 1 is 1.26 bits per heavy atom. The molecule has 8 rings (SSSR count). The summed E-state index contributed by atoms with van der Waals surface area (Å²) in [5.74, 6) is 1.37. The van der Waals surface area contributed by atoms with Gasteiger partial charge in [-0.1, -0.05) is 5.16 Å². The summed E-state index contributed by atoms with van der Waals surface area (Å²) in [5.41, 5.74) is 1.84. The second kappa shape index (κ2) is 8.03. The van der Waals surface area contributed by atoms with Gasteiger partial charge in [0.2, 0.25) is 0 Å². The first kappa shape index (κ1) is 21.3. The highest BCUT2D eigenvalue weighted by atomic mass is 16.5. The number of rotatable bonds is 6. The smallest absolute Gasteiger partial charge is 0.292 e. The van der Waals surface area contributed by atoms with Crippen LogP contribution in [0.3, 0.4) is 0 Å². The predicted octanol–water partition coefficient (Wildman–Crippen LogP) is 2.87. The van der Waals surface area contributed by atoms with Gasteiger partial charge in [-0.3, -0.25) is 4.79 Å². The number of aromatic amines is 1. The Morgan fingerprint density at radius 2 is 2.11 bits per heavy atom. The van der Waals surface area contributed by atoms with E-state index in [-0.39, 0.29) is 29.8 Å². The molecule has 1 amide bonds. The molecule has 4 heterocycles. The minimum absolute atomic E-state index is 0.00467. The van der Waals surface area contributed by atoms with Crippen LogP contribution in [-0.2, 0) is 4.74 Å². The number of pyridine rings is 1. The first-order valence-electron chi connectivity index (χ1n) is 12.7. The van der Waals surface area contributed by atoms with Crippen LogP contribution in [0.4, 0.5) is 5.69 Å². The SMILES string of the molecule is O=C(NCC1CCCO1)c1noc(-c2cnc3[nH]ccc3c2N[C@H]2C3CC4CC2C[C@@](O)(C4)C3)n1. The van der Waals surface area contributed by atoms with E-state index in [0.717, 1.165) is 68.3 Å². The molecule has 3 aromatic rings. The van der Waals surface area contributed by atoms with Crippen molar-refractivity contribution in [2.75, 3.05) is 18.5 Å². The Kier molecular flexibility index (Phi) is 4.89. The Balaban J connectivity index is 1.17. The lowest BCUT2D eigenvalue weighted by Crippen LogP contribution is -2.59. The standard InChI is InChI=1S/C25H30N6O4/c32-23(28-11-16-2-1-5-34-16)22-30-24(35-31-22)18-12-27-21-17(3-4-26-21)20(18)29-19-14-6-13-7-15(19)10-25(33,8-13)9-14/h3-4,12-16,19,33H,1-2,5-11H2,(H,28,32)(H2,26,27,29)/t13?,14?,15?,16?,19-,25+.